The van der Waals surface area contributed by atoms with E-state index in [1.165, 1.54) is 18.5 Å². The molecule has 3 N–H and O–H groups in total. The van der Waals surface area contributed by atoms with Crippen LogP contribution in [0.2, 0.25) is 0 Å². The second-order valence-electron chi connectivity index (χ2n) is 7.35. The quantitative estimate of drug-likeness (QED) is 0.627. The van der Waals surface area contributed by atoms with Crippen LogP contribution in [0.3, 0.4) is 0 Å². The molecule has 6 heteroatoms. The summed E-state index contributed by atoms with van der Waals surface area (Å²) in [5, 5.41) is 3.17. The molecule has 0 spiro atoms. The minimum atomic E-state index is 0.436. The first kappa shape index (κ1) is 18.5. The number of nitrogens with one attached hydrogen (secondary N) is 1. The molecule has 1 atom stereocenters. The van der Waals surface area contributed by atoms with Crippen LogP contribution in [-0.2, 0) is 0 Å². The highest BCUT2D eigenvalue weighted by Crippen LogP contribution is 2.32. The van der Waals surface area contributed by atoms with Gasteiger partial charge in [0.1, 0.15) is 0 Å². The van der Waals surface area contributed by atoms with Crippen LogP contribution >= 0.6 is 0 Å². The molecule has 4 rings (SSSR count). The van der Waals surface area contributed by atoms with Crippen molar-refractivity contribution in [3.8, 4) is 11.5 Å². The Hall–Kier alpha value is -2.89. The SMILES string of the molecule is NC(=NCC1CCCN(c2ccccc2)C1)Nc1ccc2c(c1)OCCCO2. The lowest BCUT2D eigenvalue weighted by Gasteiger charge is -2.33. The number of anilines is 2. The first-order valence-corrected chi connectivity index (χ1v) is 10.0. The van der Waals surface area contributed by atoms with E-state index >= 15 is 0 Å². The monoisotopic (exact) mass is 380 g/mol. The van der Waals surface area contributed by atoms with Crippen LogP contribution in [0, 0.1) is 5.92 Å². The first-order valence-electron chi connectivity index (χ1n) is 10.0. The third kappa shape index (κ3) is 4.68. The van der Waals surface area contributed by atoms with Gasteiger partial charge in [-0.2, -0.15) is 0 Å². The van der Waals surface area contributed by atoms with Crippen molar-refractivity contribution in [2.75, 3.05) is 43.1 Å². The molecular formula is C22H28N4O2. The summed E-state index contributed by atoms with van der Waals surface area (Å²) in [5.74, 6) is 2.48. The van der Waals surface area contributed by atoms with Crippen molar-refractivity contribution in [1.82, 2.24) is 0 Å². The summed E-state index contributed by atoms with van der Waals surface area (Å²) in [6.45, 7) is 4.21. The van der Waals surface area contributed by atoms with Crippen LogP contribution < -0.4 is 25.4 Å². The van der Waals surface area contributed by atoms with Gasteiger partial charge in [-0.15, -0.1) is 0 Å². The number of para-hydroxylation sites is 1. The molecule has 1 saturated heterocycles. The number of aliphatic imine (C=N–C) groups is 1. The molecule has 0 amide bonds. The lowest BCUT2D eigenvalue weighted by Crippen LogP contribution is -2.37. The number of hydrogen-bond donors (Lipinski definition) is 2. The predicted molar refractivity (Wildman–Crippen MR) is 114 cm³/mol. The second kappa shape index (κ2) is 8.87. The van der Waals surface area contributed by atoms with Gasteiger partial charge in [0.05, 0.1) is 13.2 Å². The topological polar surface area (TPSA) is 72.1 Å². The summed E-state index contributed by atoms with van der Waals surface area (Å²) in [4.78, 5) is 7.03. The van der Waals surface area contributed by atoms with Crippen LogP contribution in [0.15, 0.2) is 53.5 Å². The molecule has 1 unspecified atom stereocenters. The van der Waals surface area contributed by atoms with E-state index in [4.69, 9.17) is 15.2 Å². The van der Waals surface area contributed by atoms with E-state index in [0.29, 0.717) is 25.1 Å². The molecule has 0 bridgehead atoms. The zero-order chi connectivity index (χ0) is 19.2. The molecule has 1 fully saturated rings. The summed E-state index contributed by atoms with van der Waals surface area (Å²) in [6.07, 6.45) is 3.26. The summed E-state index contributed by atoms with van der Waals surface area (Å²) >= 11 is 0. The fourth-order valence-electron chi connectivity index (χ4n) is 3.74. The van der Waals surface area contributed by atoms with Gasteiger partial charge in [0.25, 0.3) is 0 Å². The van der Waals surface area contributed by atoms with E-state index in [2.05, 4.69) is 45.5 Å². The number of nitrogens with two attached hydrogens (primary N) is 1. The standard InChI is InChI=1S/C22H28N4O2/c23-22(25-18-9-10-20-21(14-18)28-13-5-12-27-20)24-15-17-6-4-11-26(16-17)19-7-2-1-3-8-19/h1-3,7-10,14,17H,4-6,11-13,15-16H2,(H3,23,24,25). The average Bonchev–Trinajstić information content (AvgIpc) is 2.98. The van der Waals surface area contributed by atoms with Crippen LogP contribution in [0.5, 0.6) is 11.5 Å². The Bertz CT molecular complexity index is 809. The predicted octanol–water partition coefficient (Wildman–Crippen LogP) is 3.49. The maximum atomic E-state index is 6.13. The molecule has 2 heterocycles. The number of benzene rings is 2. The minimum Gasteiger partial charge on any atom is -0.490 e. The third-order valence-electron chi connectivity index (χ3n) is 5.18. The number of hydrogen-bond acceptors (Lipinski definition) is 4. The Kier molecular flexibility index (Phi) is 5.85. The van der Waals surface area contributed by atoms with Crippen LogP contribution in [0.25, 0.3) is 0 Å². The highest BCUT2D eigenvalue weighted by Gasteiger charge is 2.20. The van der Waals surface area contributed by atoms with E-state index in [9.17, 15) is 0 Å². The number of guanidine groups is 1. The van der Waals surface area contributed by atoms with Gasteiger partial charge in [0.2, 0.25) is 0 Å². The molecule has 148 valence electrons. The van der Waals surface area contributed by atoms with Gasteiger partial charge >= 0.3 is 0 Å². The Morgan fingerprint density at radius 3 is 2.75 bits per heavy atom. The zero-order valence-electron chi connectivity index (χ0n) is 16.1. The number of nitrogens with zero attached hydrogens (tertiary/aromatic N) is 2. The van der Waals surface area contributed by atoms with Crippen LogP contribution in [0.1, 0.15) is 19.3 Å². The van der Waals surface area contributed by atoms with Crippen molar-refractivity contribution < 1.29 is 9.47 Å². The minimum absolute atomic E-state index is 0.436. The van der Waals surface area contributed by atoms with E-state index < -0.39 is 0 Å². The zero-order valence-corrected chi connectivity index (χ0v) is 16.1. The van der Waals surface area contributed by atoms with Crippen molar-refractivity contribution in [3.05, 3.63) is 48.5 Å². The normalized spacial score (nSPS) is 19.8. The fraction of sp³-hybridized carbons (Fsp3) is 0.409. The smallest absolute Gasteiger partial charge is 0.193 e. The fourth-order valence-corrected chi connectivity index (χ4v) is 3.74. The summed E-state index contributed by atoms with van der Waals surface area (Å²) in [5.41, 5.74) is 8.28. The Labute approximate surface area is 166 Å². The van der Waals surface area contributed by atoms with Crippen molar-refractivity contribution >= 4 is 17.3 Å². The van der Waals surface area contributed by atoms with Crippen LogP contribution in [0.4, 0.5) is 11.4 Å². The van der Waals surface area contributed by atoms with Gasteiger partial charge in [0.15, 0.2) is 17.5 Å². The lowest BCUT2D eigenvalue weighted by atomic mass is 9.97. The maximum absolute atomic E-state index is 6.13. The van der Waals surface area contributed by atoms with E-state index in [-0.39, 0.29) is 0 Å². The number of rotatable bonds is 4. The maximum Gasteiger partial charge on any atom is 0.193 e. The molecule has 0 aliphatic carbocycles. The Morgan fingerprint density at radius 1 is 1.07 bits per heavy atom. The van der Waals surface area contributed by atoms with Gasteiger partial charge in [0, 0.05) is 43.5 Å². The van der Waals surface area contributed by atoms with Crippen LogP contribution in [-0.4, -0.2) is 38.8 Å². The summed E-state index contributed by atoms with van der Waals surface area (Å²) < 4.78 is 11.4. The molecule has 2 aliphatic heterocycles. The first-order chi connectivity index (χ1) is 13.8. The molecule has 2 aromatic rings. The van der Waals surface area contributed by atoms with Gasteiger partial charge in [-0.05, 0) is 43.0 Å². The number of piperidine rings is 1. The van der Waals surface area contributed by atoms with Gasteiger partial charge in [-0.3, -0.25) is 4.99 Å². The molecule has 2 aromatic carbocycles. The van der Waals surface area contributed by atoms with Crippen molar-refractivity contribution in [2.45, 2.75) is 19.3 Å². The summed E-state index contributed by atoms with van der Waals surface area (Å²) in [6, 6.07) is 16.4. The number of fused-ring (bicyclic) bond motifs is 1. The summed E-state index contributed by atoms with van der Waals surface area (Å²) in [7, 11) is 0. The molecule has 0 aromatic heterocycles. The largest absolute Gasteiger partial charge is 0.490 e. The van der Waals surface area contributed by atoms with Gasteiger partial charge in [-0.25, -0.2) is 0 Å². The number of ether oxygens (including phenoxy) is 2. The van der Waals surface area contributed by atoms with E-state index in [0.717, 1.165) is 43.2 Å². The molecular weight excluding hydrogens is 352 g/mol. The molecule has 28 heavy (non-hydrogen) atoms. The van der Waals surface area contributed by atoms with Gasteiger partial charge < -0.3 is 25.4 Å². The highest BCUT2D eigenvalue weighted by molar-refractivity contribution is 5.92. The third-order valence-corrected chi connectivity index (χ3v) is 5.18. The Balaban J connectivity index is 1.34. The van der Waals surface area contributed by atoms with Crippen molar-refractivity contribution in [3.63, 3.8) is 0 Å². The van der Waals surface area contributed by atoms with Crippen molar-refractivity contribution in [1.29, 1.82) is 0 Å². The average molecular weight is 380 g/mol. The Morgan fingerprint density at radius 2 is 1.89 bits per heavy atom. The molecule has 6 nitrogen and oxygen atoms in total. The van der Waals surface area contributed by atoms with Crippen molar-refractivity contribution in [2.24, 2.45) is 16.6 Å². The highest BCUT2D eigenvalue weighted by atomic mass is 16.5. The van der Waals surface area contributed by atoms with E-state index in [1.807, 2.05) is 18.2 Å². The van der Waals surface area contributed by atoms with Gasteiger partial charge in [-0.1, -0.05) is 18.2 Å². The van der Waals surface area contributed by atoms with E-state index in [1.54, 1.807) is 0 Å². The molecule has 0 saturated carbocycles. The lowest BCUT2D eigenvalue weighted by molar-refractivity contribution is 0.297. The second-order valence-corrected chi connectivity index (χ2v) is 7.35. The molecule has 2 aliphatic rings. The molecule has 0 radical (unpaired) electrons.